The second-order valence-electron chi connectivity index (χ2n) is 5.92. The minimum Gasteiger partial charge on any atom is -0.364 e. The number of amides is 1. The van der Waals surface area contributed by atoms with Gasteiger partial charge in [0, 0.05) is 18.9 Å². The van der Waals surface area contributed by atoms with Gasteiger partial charge in [-0.05, 0) is 29.8 Å². The van der Waals surface area contributed by atoms with E-state index in [0.717, 1.165) is 24.3 Å². The maximum absolute atomic E-state index is 14.1. The van der Waals surface area contributed by atoms with Gasteiger partial charge in [0.2, 0.25) is 5.72 Å². The lowest BCUT2D eigenvalue weighted by Gasteiger charge is -2.35. The number of halogens is 3. The number of hydrogen-bond donors (Lipinski definition) is 1. The van der Waals surface area contributed by atoms with Crippen LogP contribution in [0, 0.1) is 5.82 Å². The van der Waals surface area contributed by atoms with Gasteiger partial charge < -0.3 is 5.11 Å². The summed E-state index contributed by atoms with van der Waals surface area (Å²) >= 11 is 0. The van der Waals surface area contributed by atoms with Crippen molar-refractivity contribution in [2.45, 2.75) is 25.0 Å². The van der Waals surface area contributed by atoms with Gasteiger partial charge in [-0.1, -0.05) is 30.3 Å². The predicted molar refractivity (Wildman–Crippen MR) is 85.7 cm³/mol. The summed E-state index contributed by atoms with van der Waals surface area (Å²) in [6.07, 6.45) is -0.520. The van der Waals surface area contributed by atoms with Crippen LogP contribution in [0.1, 0.15) is 29.3 Å². The Kier molecular flexibility index (Phi) is 4.12. The summed E-state index contributed by atoms with van der Waals surface area (Å²) in [5.41, 5.74) is -2.16. The van der Waals surface area contributed by atoms with Gasteiger partial charge in [0.25, 0.3) is 11.8 Å². The largest absolute Gasteiger partial charge is 0.364 e. The van der Waals surface area contributed by atoms with Gasteiger partial charge in [-0.15, -0.1) is 0 Å². The maximum atomic E-state index is 14.1. The number of nitrogens with zero attached hydrogens (tertiary/aromatic N) is 2. The molecule has 0 saturated heterocycles. The monoisotopic (exact) mass is 348 g/mol. The molecule has 3 rings (SSSR count). The normalized spacial score (nSPS) is 20.5. The maximum Gasteiger partial charge on any atom is 0.294 e. The molecule has 1 amide bonds. The van der Waals surface area contributed by atoms with Crippen LogP contribution in [-0.4, -0.2) is 33.4 Å². The van der Waals surface area contributed by atoms with Gasteiger partial charge in [0.05, 0.1) is 5.71 Å². The molecule has 0 fully saturated rings. The fourth-order valence-corrected chi connectivity index (χ4v) is 2.61. The van der Waals surface area contributed by atoms with Gasteiger partial charge >= 0.3 is 0 Å². The number of aliphatic hydroxyl groups is 1. The molecule has 0 radical (unpaired) electrons. The quantitative estimate of drug-likeness (QED) is 0.924. The molecule has 1 aliphatic rings. The highest BCUT2D eigenvalue weighted by Crippen LogP contribution is 2.40. The van der Waals surface area contributed by atoms with Gasteiger partial charge in [-0.2, -0.15) is 10.1 Å². The SMILES string of the molecule is CC(F)(F)[C@]1(O)CC(c2ccccc2)=NN1C(=O)c1ccc(F)cc1. The third-order valence-corrected chi connectivity index (χ3v) is 4.08. The van der Waals surface area contributed by atoms with Crippen LogP contribution >= 0.6 is 0 Å². The van der Waals surface area contributed by atoms with E-state index < -0.39 is 29.8 Å². The first-order chi connectivity index (χ1) is 11.7. The van der Waals surface area contributed by atoms with Crippen molar-refractivity contribution in [3.8, 4) is 0 Å². The highest BCUT2D eigenvalue weighted by atomic mass is 19.3. The van der Waals surface area contributed by atoms with Gasteiger partial charge in [0.1, 0.15) is 5.82 Å². The average molecular weight is 348 g/mol. The van der Waals surface area contributed by atoms with Gasteiger partial charge in [-0.25, -0.2) is 13.2 Å². The third kappa shape index (κ3) is 3.02. The summed E-state index contributed by atoms with van der Waals surface area (Å²) in [5, 5.41) is 14.9. The topological polar surface area (TPSA) is 52.9 Å². The Bertz CT molecular complexity index is 816. The lowest BCUT2D eigenvalue weighted by molar-refractivity contribution is -0.222. The van der Waals surface area contributed by atoms with Crippen LogP contribution in [0.15, 0.2) is 59.7 Å². The van der Waals surface area contributed by atoms with Crippen LogP contribution in [0.3, 0.4) is 0 Å². The van der Waals surface area contributed by atoms with Crippen LogP contribution in [-0.2, 0) is 0 Å². The van der Waals surface area contributed by atoms with Crippen LogP contribution in [0.2, 0.25) is 0 Å². The number of hydrogen-bond acceptors (Lipinski definition) is 3. The molecular weight excluding hydrogens is 333 g/mol. The molecule has 1 heterocycles. The molecule has 25 heavy (non-hydrogen) atoms. The number of alkyl halides is 2. The van der Waals surface area contributed by atoms with Crippen molar-refractivity contribution in [3.05, 3.63) is 71.5 Å². The van der Waals surface area contributed by atoms with E-state index in [0.29, 0.717) is 17.5 Å². The third-order valence-electron chi connectivity index (χ3n) is 4.08. The molecular formula is C18H15F3N2O2. The number of hydrazone groups is 1. The summed E-state index contributed by atoms with van der Waals surface area (Å²) < 4.78 is 41.3. The Balaban J connectivity index is 2.04. The standard InChI is InChI=1S/C18H15F3N2O2/c1-17(20,21)18(25)11-15(12-5-3-2-4-6-12)22-23(18)16(24)13-7-9-14(19)10-8-13/h2-10,25H,11H2,1H3/t18-/m1/s1. The van der Waals surface area contributed by atoms with Gasteiger partial charge in [0.15, 0.2) is 0 Å². The highest BCUT2D eigenvalue weighted by Gasteiger charge is 2.59. The molecule has 0 saturated carbocycles. The Morgan fingerprint density at radius 2 is 1.76 bits per heavy atom. The van der Waals surface area contributed by atoms with Crippen molar-refractivity contribution in [2.24, 2.45) is 5.10 Å². The Morgan fingerprint density at radius 1 is 1.16 bits per heavy atom. The molecule has 0 aromatic heterocycles. The minimum absolute atomic E-state index is 0.0536. The second kappa shape index (κ2) is 6.00. The fourth-order valence-electron chi connectivity index (χ4n) is 2.61. The van der Waals surface area contributed by atoms with Crippen LogP contribution in [0.4, 0.5) is 13.2 Å². The summed E-state index contributed by atoms with van der Waals surface area (Å²) in [6, 6.07) is 12.8. The molecule has 2 aromatic rings. The molecule has 130 valence electrons. The highest BCUT2D eigenvalue weighted by molar-refractivity contribution is 6.05. The molecule has 0 unspecified atom stereocenters. The van der Waals surface area contributed by atoms with Gasteiger partial charge in [-0.3, -0.25) is 4.79 Å². The van der Waals surface area contributed by atoms with E-state index in [1.165, 1.54) is 0 Å². The van der Waals surface area contributed by atoms with E-state index in [4.69, 9.17) is 0 Å². The van der Waals surface area contributed by atoms with Crippen molar-refractivity contribution >= 4 is 11.6 Å². The molecule has 7 heteroatoms. The number of carbonyl (C=O) groups is 1. The van der Waals surface area contributed by atoms with Crippen LogP contribution in [0.25, 0.3) is 0 Å². The first kappa shape index (κ1) is 17.2. The summed E-state index contributed by atoms with van der Waals surface area (Å²) in [6.45, 7) is 0.529. The number of rotatable bonds is 3. The Morgan fingerprint density at radius 3 is 2.32 bits per heavy atom. The van der Waals surface area contributed by atoms with Crippen molar-refractivity contribution in [1.82, 2.24) is 5.01 Å². The molecule has 1 N–H and O–H groups in total. The molecule has 1 atom stereocenters. The zero-order chi connectivity index (χ0) is 18.2. The summed E-state index contributed by atoms with van der Waals surface area (Å²) in [7, 11) is 0. The molecule has 0 bridgehead atoms. The Hall–Kier alpha value is -2.67. The van der Waals surface area contributed by atoms with Crippen molar-refractivity contribution in [2.75, 3.05) is 0 Å². The lowest BCUT2D eigenvalue weighted by atomic mass is 9.96. The van der Waals surface area contributed by atoms with Crippen LogP contribution < -0.4 is 0 Å². The fraction of sp³-hybridized carbons (Fsp3) is 0.222. The zero-order valence-corrected chi connectivity index (χ0v) is 13.3. The number of carbonyl (C=O) groups excluding carboxylic acids is 1. The van der Waals surface area contributed by atoms with E-state index in [1.807, 2.05) is 0 Å². The van der Waals surface area contributed by atoms with E-state index >= 15 is 0 Å². The first-order valence-electron chi connectivity index (χ1n) is 7.55. The number of benzene rings is 2. The van der Waals surface area contributed by atoms with E-state index in [2.05, 4.69) is 5.10 Å². The molecule has 0 spiro atoms. The lowest BCUT2D eigenvalue weighted by Crippen LogP contribution is -2.57. The molecule has 2 aromatic carbocycles. The van der Waals surface area contributed by atoms with E-state index in [1.54, 1.807) is 30.3 Å². The second-order valence-corrected chi connectivity index (χ2v) is 5.92. The first-order valence-corrected chi connectivity index (χ1v) is 7.55. The van der Waals surface area contributed by atoms with Crippen molar-refractivity contribution in [3.63, 3.8) is 0 Å². The zero-order valence-electron chi connectivity index (χ0n) is 13.3. The van der Waals surface area contributed by atoms with E-state index in [9.17, 15) is 23.1 Å². The van der Waals surface area contributed by atoms with Crippen molar-refractivity contribution < 1.29 is 23.1 Å². The summed E-state index contributed by atoms with van der Waals surface area (Å²) in [5.74, 6) is -5.12. The van der Waals surface area contributed by atoms with Crippen molar-refractivity contribution in [1.29, 1.82) is 0 Å². The molecule has 4 nitrogen and oxygen atoms in total. The minimum atomic E-state index is -3.62. The smallest absolute Gasteiger partial charge is 0.294 e. The molecule has 0 aliphatic carbocycles. The van der Waals surface area contributed by atoms with Crippen LogP contribution in [0.5, 0.6) is 0 Å². The summed E-state index contributed by atoms with van der Waals surface area (Å²) in [4.78, 5) is 12.6. The Labute approximate surface area is 142 Å². The van der Waals surface area contributed by atoms with E-state index in [-0.39, 0.29) is 11.3 Å². The average Bonchev–Trinajstić information content (AvgIpc) is 2.95. The molecule has 1 aliphatic heterocycles. The predicted octanol–water partition coefficient (Wildman–Crippen LogP) is 3.42.